The van der Waals surface area contributed by atoms with E-state index in [-0.39, 0.29) is 57.3 Å². The van der Waals surface area contributed by atoms with Crippen molar-refractivity contribution >= 4 is 93.6 Å². The Balaban J connectivity index is 0.00000341. The number of benzene rings is 2. The molecule has 8 atom stereocenters. The molecule has 11 amide bonds. The van der Waals surface area contributed by atoms with E-state index in [2.05, 4.69) is 62.8 Å². The molecule has 0 aliphatic carbocycles. The molecule has 16 N–H and O–H groups in total. The molecular formula is C53H72N14O13S. The average molecular weight is 1150 g/mol. The smallest absolute Gasteiger partial charge is 0.300 e. The second kappa shape index (κ2) is 32.3. The first kappa shape index (κ1) is 64.7. The summed E-state index contributed by atoms with van der Waals surface area (Å²) in [5.74, 6) is -8.91. The number of primary amides is 2. The number of H-pyrrole nitrogens is 2. The van der Waals surface area contributed by atoms with E-state index in [0.29, 0.717) is 22.6 Å². The number of fused-ring (bicyclic) bond motifs is 1. The summed E-state index contributed by atoms with van der Waals surface area (Å²) < 4.78 is 0. The number of hydrogen-bond donors (Lipinski definition) is 14. The topological polar surface area (TPSA) is 430 Å². The molecule has 1 aliphatic heterocycles. The number of carbonyl (C=O) groups is 12. The minimum Gasteiger partial charge on any atom is -0.481 e. The number of imidazole rings is 1. The maximum atomic E-state index is 14.1. The summed E-state index contributed by atoms with van der Waals surface area (Å²) in [5, 5.41) is 31.5. The molecule has 27 nitrogen and oxygen atoms in total. The molecule has 8 unspecified atom stereocenters. The monoisotopic (exact) mass is 1140 g/mol. The molecular weight excluding hydrogens is 1070 g/mol. The maximum absolute atomic E-state index is 14.1. The van der Waals surface area contributed by atoms with Crippen molar-refractivity contribution in [2.45, 2.75) is 127 Å². The number of carboxylic acid groups (broad SMARTS) is 1. The van der Waals surface area contributed by atoms with E-state index in [9.17, 15) is 52.7 Å². The number of carboxylic acids is 1. The molecule has 3 heterocycles. The average Bonchev–Trinajstić information content (AvgIpc) is 4.26. The van der Waals surface area contributed by atoms with Crippen LogP contribution in [0.3, 0.4) is 0 Å². The maximum Gasteiger partial charge on any atom is 0.300 e. The number of nitrogens with two attached hydrogens (primary N) is 2. The van der Waals surface area contributed by atoms with E-state index in [0.717, 1.165) is 17.8 Å². The first-order valence-electron chi connectivity index (χ1n) is 26.0. The Hall–Kier alpha value is -8.82. The van der Waals surface area contributed by atoms with Crippen LogP contribution in [0.25, 0.3) is 10.9 Å². The largest absolute Gasteiger partial charge is 0.481 e. The lowest BCUT2D eigenvalue weighted by molar-refractivity contribution is -0.135. The van der Waals surface area contributed by atoms with Crippen molar-refractivity contribution in [1.29, 1.82) is 0 Å². The molecule has 4 aromatic rings. The fraction of sp³-hybridized carbons (Fsp3) is 0.453. The summed E-state index contributed by atoms with van der Waals surface area (Å²) in [7, 11) is 0. The highest BCUT2D eigenvalue weighted by atomic mass is 32.2. The normalized spacial score (nSPS) is 15.3. The predicted octanol–water partition coefficient (Wildman–Crippen LogP) is -2.02. The highest BCUT2D eigenvalue weighted by Crippen LogP contribution is 2.20. The minimum absolute atomic E-state index is 0.0189. The zero-order valence-corrected chi connectivity index (χ0v) is 46.4. The van der Waals surface area contributed by atoms with Crippen molar-refractivity contribution in [3.8, 4) is 0 Å². The van der Waals surface area contributed by atoms with Gasteiger partial charge in [0.05, 0.1) is 12.9 Å². The van der Waals surface area contributed by atoms with E-state index in [1.165, 1.54) is 31.2 Å². The molecule has 81 heavy (non-hydrogen) atoms. The van der Waals surface area contributed by atoms with Gasteiger partial charge in [-0.2, -0.15) is 11.8 Å². The summed E-state index contributed by atoms with van der Waals surface area (Å²) in [6.07, 6.45) is 6.13. The highest BCUT2D eigenvalue weighted by Gasteiger charge is 2.35. The SMILES string of the molecule is CC(=O)O.CSCCC(NC(=O)C(Cc1ccccc1)NC(=O)C(Cc1cnc[nH]1)NC(=O)CNC(=O)C(NC(=O)C(C)NC(=O)C(Cc1c[nH]c2ccccc12)NC(=O)C(CCC(N)=O)NC(=O)C1CCC(=O)N1)C(C)C)C(N)=O. The van der Waals surface area contributed by atoms with Crippen LogP contribution in [0.5, 0.6) is 0 Å². The van der Waals surface area contributed by atoms with Crippen LogP contribution >= 0.6 is 11.8 Å². The molecule has 1 saturated heterocycles. The number of thioether (sulfide) groups is 1. The van der Waals surface area contributed by atoms with Crippen LogP contribution in [0.4, 0.5) is 0 Å². The number of nitrogens with one attached hydrogen (secondary N) is 11. The molecule has 0 radical (unpaired) electrons. The fourth-order valence-corrected chi connectivity index (χ4v) is 8.78. The van der Waals surface area contributed by atoms with E-state index < -0.39 is 126 Å². The van der Waals surface area contributed by atoms with Crippen molar-refractivity contribution in [3.63, 3.8) is 0 Å². The number of para-hydroxylation sites is 1. The van der Waals surface area contributed by atoms with Gasteiger partial charge < -0.3 is 74.4 Å². The lowest BCUT2D eigenvalue weighted by Crippen LogP contribution is -2.59. The molecule has 1 aliphatic rings. The summed E-state index contributed by atoms with van der Waals surface area (Å²) in [5.41, 5.74) is 13.5. The predicted molar refractivity (Wildman–Crippen MR) is 297 cm³/mol. The van der Waals surface area contributed by atoms with Crippen molar-refractivity contribution in [2.75, 3.05) is 18.6 Å². The van der Waals surface area contributed by atoms with Crippen LogP contribution in [-0.2, 0) is 76.8 Å². The summed E-state index contributed by atoms with van der Waals surface area (Å²) >= 11 is 1.46. The quantitative estimate of drug-likeness (QED) is 0.0268. The minimum atomic E-state index is -1.37. The number of aromatic amines is 2. The first-order chi connectivity index (χ1) is 38.4. The second-order valence-electron chi connectivity index (χ2n) is 19.4. The third-order valence-electron chi connectivity index (χ3n) is 12.6. The molecule has 1 fully saturated rings. The molecule has 2 aromatic heterocycles. The number of nitrogens with zero attached hydrogens (tertiary/aromatic N) is 1. The van der Waals surface area contributed by atoms with Gasteiger partial charge in [-0.3, -0.25) is 57.5 Å². The van der Waals surface area contributed by atoms with Gasteiger partial charge in [-0.05, 0) is 61.3 Å². The third-order valence-corrected chi connectivity index (χ3v) is 13.2. The van der Waals surface area contributed by atoms with E-state index in [1.54, 1.807) is 62.5 Å². The lowest BCUT2D eigenvalue weighted by atomic mass is 10.0. The molecule has 0 spiro atoms. The number of aromatic nitrogens is 3. The van der Waals surface area contributed by atoms with Gasteiger partial charge in [0.15, 0.2) is 0 Å². The number of amides is 11. The lowest BCUT2D eigenvalue weighted by Gasteiger charge is -2.26. The van der Waals surface area contributed by atoms with Crippen LogP contribution in [0.2, 0.25) is 0 Å². The Labute approximate surface area is 470 Å². The zero-order chi connectivity index (χ0) is 59.8. The number of carbonyl (C=O) groups excluding carboxylic acids is 11. The van der Waals surface area contributed by atoms with Crippen LogP contribution in [0.15, 0.2) is 73.3 Å². The van der Waals surface area contributed by atoms with Crippen LogP contribution in [-0.4, -0.2) is 158 Å². The number of rotatable bonds is 30. The van der Waals surface area contributed by atoms with Gasteiger partial charge in [0.1, 0.15) is 48.3 Å². The van der Waals surface area contributed by atoms with E-state index in [1.807, 2.05) is 18.4 Å². The Morgan fingerprint density at radius 2 is 1.31 bits per heavy atom. The van der Waals surface area contributed by atoms with Crippen molar-refractivity contribution in [3.05, 3.63) is 90.1 Å². The Morgan fingerprint density at radius 1 is 0.704 bits per heavy atom. The Bertz CT molecular complexity index is 2840. The van der Waals surface area contributed by atoms with Crippen molar-refractivity contribution in [2.24, 2.45) is 17.4 Å². The van der Waals surface area contributed by atoms with Gasteiger partial charge >= 0.3 is 0 Å². The van der Waals surface area contributed by atoms with Gasteiger partial charge in [-0.15, -0.1) is 0 Å². The van der Waals surface area contributed by atoms with E-state index >= 15 is 0 Å². The molecule has 0 saturated carbocycles. The number of hydrogen-bond acceptors (Lipinski definition) is 14. The fourth-order valence-electron chi connectivity index (χ4n) is 8.31. The summed E-state index contributed by atoms with van der Waals surface area (Å²) in [6, 6.07) is 6.29. The van der Waals surface area contributed by atoms with Gasteiger partial charge in [0.25, 0.3) is 5.97 Å². The number of aliphatic carboxylic acids is 1. The molecule has 28 heteroatoms. The second-order valence-corrected chi connectivity index (χ2v) is 20.4. The molecule has 5 rings (SSSR count). The van der Waals surface area contributed by atoms with Gasteiger partial charge in [0, 0.05) is 68.0 Å². The van der Waals surface area contributed by atoms with Crippen molar-refractivity contribution in [1.82, 2.24) is 62.8 Å². The van der Waals surface area contributed by atoms with Gasteiger partial charge in [-0.25, -0.2) is 4.98 Å². The molecule has 2 aromatic carbocycles. The zero-order valence-electron chi connectivity index (χ0n) is 45.6. The van der Waals surface area contributed by atoms with Gasteiger partial charge in [-0.1, -0.05) is 62.4 Å². The standard InChI is InChI=1S/C51H68N14O11S.C2H4O2/c1-27(2)43(51(76)56-25-42(68)60-39(22-31-24-54-26-57-31)50(75)63-37(20-29-10-6-5-7-11-29)49(74)61-34(44(53)69)18-19-77-4)65-45(70)28(3)58-48(73)38(21-30-23-55-33-13-9-8-12-32(30)33)64-47(72)36(14-16-40(52)66)62-46(71)35-15-17-41(67)59-35;1-2(3)4/h5-13,23-24,26-28,34-39,43,55H,14-22,25H2,1-4H3,(H2,52,66)(H2,53,69)(H,54,57)(H,56,76)(H,58,73)(H,59,67)(H,60,68)(H,61,74)(H,62,71)(H,63,75)(H,64,72)(H,65,70);1H3,(H,3,4). The van der Waals surface area contributed by atoms with Crippen LogP contribution < -0.4 is 59.3 Å². The van der Waals surface area contributed by atoms with E-state index in [4.69, 9.17) is 21.4 Å². The van der Waals surface area contributed by atoms with Crippen molar-refractivity contribution < 1.29 is 62.6 Å². The third kappa shape index (κ3) is 21.7. The van der Waals surface area contributed by atoms with Crippen LogP contribution in [0, 0.1) is 5.92 Å². The van der Waals surface area contributed by atoms with Gasteiger partial charge in [0.2, 0.25) is 65.0 Å². The van der Waals surface area contributed by atoms with Crippen LogP contribution in [0.1, 0.15) is 76.6 Å². The Morgan fingerprint density at radius 3 is 1.90 bits per heavy atom. The first-order valence-corrected chi connectivity index (χ1v) is 27.4. The summed E-state index contributed by atoms with van der Waals surface area (Å²) in [4.78, 5) is 165. The Kier molecular flexibility index (Phi) is 25.8. The molecule has 438 valence electrons. The summed E-state index contributed by atoms with van der Waals surface area (Å²) in [6.45, 7) is 5.05. The highest BCUT2D eigenvalue weighted by molar-refractivity contribution is 7.98. The molecule has 0 bridgehead atoms.